The molecule has 1 aliphatic rings. The number of aromatic carboxylic acids is 1. The Hall–Kier alpha value is -3.00. The predicted octanol–water partition coefficient (Wildman–Crippen LogP) is 4.98. The molecule has 1 aromatic carbocycles. The fourth-order valence-electron chi connectivity index (χ4n) is 4.35. The summed E-state index contributed by atoms with van der Waals surface area (Å²) in [5, 5.41) is 15.7. The number of hydrogen-bond acceptors (Lipinski definition) is 5. The van der Waals surface area contributed by atoms with Crippen LogP contribution in [0.1, 0.15) is 60.6 Å². The van der Waals surface area contributed by atoms with E-state index >= 15 is 0 Å². The zero-order chi connectivity index (χ0) is 23.2. The van der Waals surface area contributed by atoms with Gasteiger partial charge >= 0.3 is 5.97 Å². The minimum atomic E-state index is -1.09. The number of pyridine rings is 1. The lowest BCUT2D eigenvalue weighted by Gasteiger charge is -2.28. The number of hydrogen-bond donors (Lipinski definition) is 1. The highest BCUT2D eigenvalue weighted by atomic mass is 19.1. The van der Waals surface area contributed by atoms with Gasteiger partial charge in [0.15, 0.2) is 11.3 Å². The number of halogens is 1. The number of aromatic nitrogens is 3. The van der Waals surface area contributed by atoms with Gasteiger partial charge in [0.2, 0.25) is 0 Å². The summed E-state index contributed by atoms with van der Waals surface area (Å²) in [7, 11) is 1.68. The lowest BCUT2D eigenvalue weighted by molar-refractivity contribution is 0.0691. The van der Waals surface area contributed by atoms with E-state index in [1.54, 1.807) is 17.9 Å². The van der Waals surface area contributed by atoms with Gasteiger partial charge in [0.1, 0.15) is 0 Å². The van der Waals surface area contributed by atoms with Gasteiger partial charge < -0.3 is 14.7 Å². The topological polar surface area (TPSA) is 80.5 Å². The number of ether oxygens (including phenoxy) is 1. The quantitative estimate of drug-likeness (QED) is 0.389. The molecule has 4 rings (SSSR count). The van der Waals surface area contributed by atoms with E-state index in [1.807, 2.05) is 30.3 Å². The predicted molar refractivity (Wildman–Crippen MR) is 126 cm³/mol. The van der Waals surface area contributed by atoms with Crippen LogP contribution >= 0.6 is 0 Å². The van der Waals surface area contributed by atoms with Crippen molar-refractivity contribution in [3.05, 3.63) is 47.8 Å². The largest absolute Gasteiger partial charge is 0.477 e. The Morgan fingerprint density at radius 2 is 1.97 bits per heavy atom. The SMILES string of the molecule is COCCCCN(CCCF)c1cc(C(=O)O)nc2c1c(C1CCC1)nn2-c1ccccc1. The molecule has 0 atom stereocenters. The lowest BCUT2D eigenvalue weighted by Crippen LogP contribution is -2.27. The number of carboxylic acids is 1. The molecule has 1 N–H and O–H groups in total. The van der Waals surface area contributed by atoms with Crippen molar-refractivity contribution < 1.29 is 19.0 Å². The minimum Gasteiger partial charge on any atom is -0.477 e. The number of rotatable bonds is 12. The molecule has 0 saturated heterocycles. The van der Waals surface area contributed by atoms with E-state index in [4.69, 9.17) is 9.84 Å². The molecule has 0 unspecified atom stereocenters. The molecule has 3 aromatic rings. The first-order valence-corrected chi connectivity index (χ1v) is 11.7. The number of nitrogens with zero attached hydrogens (tertiary/aromatic N) is 4. The number of unbranched alkanes of at least 4 members (excludes halogenated alkanes) is 1. The molecule has 0 aliphatic heterocycles. The van der Waals surface area contributed by atoms with Crippen LogP contribution in [0.5, 0.6) is 0 Å². The summed E-state index contributed by atoms with van der Waals surface area (Å²) in [4.78, 5) is 18.6. The summed E-state index contributed by atoms with van der Waals surface area (Å²) in [6.45, 7) is 1.42. The molecule has 33 heavy (non-hydrogen) atoms. The van der Waals surface area contributed by atoms with Gasteiger partial charge in [0, 0.05) is 32.7 Å². The zero-order valence-corrected chi connectivity index (χ0v) is 19.0. The molecular formula is C25H31FN4O3. The maximum absolute atomic E-state index is 13.2. The number of benzene rings is 1. The Kier molecular flexibility index (Phi) is 7.54. The normalized spacial score (nSPS) is 13.9. The first-order chi connectivity index (χ1) is 16.1. The van der Waals surface area contributed by atoms with Crippen LogP contribution in [0.3, 0.4) is 0 Å². The van der Waals surface area contributed by atoms with Crippen molar-refractivity contribution >= 4 is 22.7 Å². The number of para-hydroxylation sites is 1. The molecule has 1 fully saturated rings. The van der Waals surface area contributed by atoms with Crippen LogP contribution in [0.15, 0.2) is 36.4 Å². The third kappa shape index (κ3) is 5.00. The molecule has 176 valence electrons. The van der Waals surface area contributed by atoms with Gasteiger partial charge in [-0.2, -0.15) is 5.10 Å². The van der Waals surface area contributed by atoms with E-state index in [0.29, 0.717) is 37.7 Å². The van der Waals surface area contributed by atoms with Crippen molar-refractivity contribution in [2.24, 2.45) is 0 Å². The summed E-state index contributed by atoms with van der Waals surface area (Å²) in [5.41, 5.74) is 3.09. The summed E-state index contributed by atoms with van der Waals surface area (Å²) in [5.74, 6) is -0.765. The number of fused-ring (bicyclic) bond motifs is 1. The van der Waals surface area contributed by atoms with Crippen molar-refractivity contribution in [1.82, 2.24) is 14.8 Å². The number of alkyl halides is 1. The molecule has 8 heteroatoms. The van der Waals surface area contributed by atoms with Gasteiger partial charge in [-0.1, -0.05) is 24.6 Å². The number of carboxylic acid groups (broad SMARTS) is 1. The summed E-state index contributed by atoms with van der Waals surface area (Å²) < 4.78 is 20.1. The first-order valence-electron chi connectivity index (χ1n) is 11.7. The molecule has 2 heterocycles. The molecule has 0 spiro atoms. The third-order valence-corrected chi connectivity index (χ3v) is 6.28. The van der Waals surface area contributed by atoms with Crippen molar-refractivity contribution in [3.63, 3.8) is 0 Å². The summed E-state index contributed by atoms with van der Waals surface area (Å²) in [6, 6.07) is 11.3. The Bertz CT molecular complexity index is 1080. The Morgan fingerprint density at radius 1 is 1.21 bits per heavy atom. The number of carbonyl (C=O) groups is 1. The van der Waals surface area contributed by atoms with Crippen LogP contribution in [0.4, 0.5) is 10.1 Å². The van der Waals surface area contributed by atoms with Crippen molar-refractivity contribution in [1.29, 1.82) is 0 Å². The summed E-state index contributed by atoms with van der Waals surface area (Å²) in [6.07, 6.45) is 5.38. The van der Waals surface area contributed by atoms with Gasteiger partial charge in [0.25, 0.3) is 0 Å². The average molecular weight is 455 g/mol. The van der Waals surface area contributed by atoms with Crippen LogP contribution in [0, 0.1) is 0 Å². The Labute approximate surface area is 193 Å². The van der Waals surface area contributed by atoms with Gasteiger partial charge in [-0.05, 0) is 50.3 Å². The number of anilines is 1. The van der Waals surface area contributed by atoms with Gasteiger partial charge in [-0.15, -0.1) is 0 Å². The first kappa shape index (κ1) is 23.2. The second-order valence-electron chi connectivity index (χ2n) is 8.52. The van der Waals surface area contributed by atoms with E-state index in [0.717, 1.165) is 54.6 Å². The van der Waals surface area contributed by atoms with E-state index in [1.165, 1.54) is 0 Å². The standard InChI is InChI=1S/C25H31FN4O3/c1-33-16-6-5-14-29(15-8-13-26)21-17-20(25(31)32)27-24-22(21)23(18-9-7-10-18)28-30(24)19-11-3-2-4-12-19/h2-4,11-12,17-18H,5-10,13-16H2,1H3,(H,31,32). The highest BCUT2D eigenvalue weighted by Crippen LogP contribution is 2.42. The fourth-order valence-corrected chi connectivity index (χ4v) is 4.35. The van der Waals surface area contributed by atoms with Crippen LogP contribution in [0.25, 0.3) is 16.7 Å². The average Bonchev–Trinajstić information content (AvgIpc) is 3.16. The third-order valence-electron chi connectivity index (χ3n) is 6.28. The second-order valence-corrected chi connectivity index (χ2v) is 8.52. The zero-order valence-electron chi connectivity index (χ0n) is 19.0. The van der Waals surface area contributed by atoms with Crippen LogP contribution in [0.2, 0.25) is 0 Å². The molecule has 7 nitrogen and oxygen atoms in total. The molecular weight excluding hydrogens is 423 g/mol. The van der Waals surface area contributed by atoms with Crippen LogP contribution in [-0.4, -0.2) is 59.3 Å². The second kappa shape index (κ2) is 10.7. The van der Waals surface area contributed by atoms with Crippen LogP contribution in [-0.2, 0) is 4.74 Å². The summed E-state index contributed by atoms with van der Waals surface area (Å²) >= 11 is 0. The van der Waals surface area contributed by atoms with E-state index in [9.17, 15) is 14.3 Å². The van der Waals surface area contributed by atoms with Gasteiger partial charge in [-0.25, -0.2) is 14.5 Å². The molecule has 0 radical (unpaired) electrons. The molecule has 1 aliphatic carbocycles. The van der Waals surface area contributed by atoms with E-state index in [-0.39, 0.29) is 5.69 Å². The molecule has 2 aromatic heterocycles. The van der Waals surface area contributed by atoms with Crippen molar-refractivity contribution in [2.45, 2.75) is 44.4 Å². The van der Waals surface area contributed by atoms with E-state index < -0.39 is 12.6 Å². The van der Waals surface area contributed by atoms with Crippen LogP contribution < -0.4 is 4.90 Å². The monoisotopic (exact) mass is 454 g/mol. The smallest absolute Gasteiger partial charge is 0.354 e. The highest BCUT2D eigenvalue weighted by Gasteiger charge is 2.30. The molecule has 0 bridgehead atoms. The Morgan fingerprint density at radius 3 is 2.61 bits per heavy atom. The molecule has 1 saturated carbocycles. The fraction of sp³-hybridized carbons (Fsp3) is 0.480. The van der Waals surface area contributed by atoms with Gasteiger partial charge in [-0.3, -0.25) is 4.39 Å². The minimum absolute atomic E-state index is 0.0307. The lowest BCUT2D eigenvalue weighted by atomic mass is 9.82. The number of methoxy groups -OCH3 is 1. The van der Waals surface area contributed by atoms with Crippen molar-refractivity contribution in [2.75, 3.05) is 38.4 Å². The van der Waals surface area contributed by atoms with E-state index in [2.05, 4.69) is 9.88 Å². The van der Waals surface area contributed by atoms with Crippen molar-refractivity contribution in [3.8, 4) is 5.69 Å². The highest BCUT2D eigenvalue weighted by molar-refractivity contribution is 5.98. The Balaban J connectivity index is 1.89. The van der Waals surface area contributed by atoms with Gasteiger partial charge in [0.05, 0.1) is 29.1 Å². The molecule has 0 amide bonds. The maximum Gasteiger partial charge on any atom is 0.354 e. The maximum atomic E-state index is 13.2.